The highest BCUT2D eigenvalue weighted by Gasteiger charge is 2.26. The van der Waals surface area contributed by atoms with E-state index in [2.05, 4.69) is 5.32 Å². The van der Waals surface area contributed by atoms with Gasteiger partial charge in [-0.15, -0.1) is 0 Å². The summed E-state index contributed by atoms with van der Waals surface area (Å²) in [6.45, 7) is 8.05. The topological polar surface area (TPSA) is 49.4 Å². The Bertz CT molecular complexity index is 868. The number of hydrogen-bond acceptors (Lipinski definition) is 2. The van der Waals surface area contributed by atoms with E-state index in [1.54, 1.807) is 24.0 Å². The van der Waals surface area contributed by atoms with Gasteiger partial charge in [-0.3, -0.25) is 9.59 Å². The molecule has 0 radical (unpaired) electrons. The molecule has 30 heavy (non-hydrogen) atoms. The highest BCUT2D eigenvalue weighted by atomic mass is 35.5. The molecule has 2 rings (SSSR count). The number of hydrogen-bond donors (Lipinski definition) is 1. The molecule has 0 heterocycles. The maximum atomic E-state index is 13.1. The van der Waals surface area contributed by atoms with Gasteiger partial charge in [-0.25, -0.2) is 0 Å². The largest absolute Gasteiger partial charge is 0.352 e. The molecule has 2 aromatic carbocycles. The average Bonchev–Trinajstić information content (AvgIpc) is 2.73. The Hall–Kier alpha value is -2.04. The number of aryl methyl sites for hydroxylation is 2. The van der Waals surface area contributed by atoms with Crippen LogP contribution in [0.2, 0.25) is 10.0 Å². The standard InChI is InChI=1S/C24H30Cl2N2O2/c1-5-17(3)27-24(30)18(4)28(15-20-10-12-21(25)22(26)14-20)23(29)13-11-19-8-6-16(2)7-9-19/h6-10,12,14,17-18H,5,11,13,15H2,1-4H3,(H,27,30)/t17-,18+/m0/s1. The Morgan fingerprint density at radius 1 is 1.00 bits per heavy atom. The number of carbonyl (C=O) groups is 2. The summed E-state index contributed by atoms with van der Waals surface area (Å²) in [6.07, 6.45) is 1.77. The molecule has 0 aliphatic carbocycles. The third-order valence-electron chi connectivity index (χ3n) is 5.25. The van der Waals surface area contributed by atoms with Gasteiger partial charge in [0.05, 0.1) is 10.0 Å². The smallest absolute Gasteiger partial charge is 0.242 e. The monoisotopic (exact) mass is 448 g/mol. The van der Waals surface area contributed by atoms with Crippen LogP contribution in [0, 0.1) is 6.92 Å². The van der Waals surface area contributed by atoms with E-state index in [9.17, 15) is 9.59 Å². The lowest BCUT2D eigenvalue weighted by molar-refractivity contribution is -0.140. The summed E-state index contributed by atoms with van der Waals surface area (Å²) in [4.78, 5) is 27.5. The summed E-state index contributed by atoms with van der Waals surface area (Å²) < 4.78 is 0. The van der Waals surface area contributed by atoms with E-state index in [1.807, 2.05) is 51.1 Å². The van der Waals surface area contributed by atoms with Crippen LogP contribution in [-0.2, 0) is 22.6 Å². The molecule has 0 aliphatic rings. The lowest BCUT2D eigenvalue weighted by Gasteiger charge is -2.30. The van der Waals surface area contributed by atoms with Crippen LogP contribution in [0.25, 0.3) is 0 Å². The molecule has 1 N–H and O–H groups in total. The fourth-order valence-corrected chi connectivity index (χ4v) is 3.35. The van der Waals surface area contributed by atoms with E-state index in [1.165, 1.54) is 5.56 Å². The first kappa shape index (κ1) is 24.2. The SMILES string of the molecule is CC[C@H](C)NC(=O)[C@@H](C)N(Cc1ccc(Cl)c(Cl)c1)C(=O)CCc1ccc(C)cc1. The Kier molecular flexibility index (Phi) is 9.19. The molecule has 0 saturated carbocycles. The molecule has 0 saturated heterocycles. The van der Waals surface area contributed by atoms with Crippen molar-refractivity contribution >= 4 is 35.0 Å². The zero-order valence-corrected chi connectivity index (χ0v) is 19.6. The van der Waals surface area contributed by atoms with Crippen molar-refractivity contribution in [1.29, 1.82) is 0 Å². The summed E-state index contributed by atoms with van der Waals surface area (Å²) >= 11 is 12.2. The predicted octanol–water partition coefficient (Wildman–Crippen LogP) is 5.57. The Morgan fingerprint density at radius 2 is 1.63 bits per heavy atom. The van der Waals surface area contributed by atoms with Gasteiger partial charge in [0, 0.05) is 19.0 Å². The molecular weight excluding hydrogens is 419 g/mol. The van der Waals surface area contributed by atoms with Crippen LogP contribution in [0.3, 0.4) is 0 Å². The number of nitrogens with one attached hydrogen (secondary N) is 1. The molecule has 6 heteroatoms. The first-order valence-corrected chi connectivity index (χ1v) is 11.1. The second-order valence-electron chi connectivity index (χ2n) is 7.75. The Balaban J connectivity index is 2.17. The minimum atomic E-state index is -0.598. The van der Waals surface area contributed by atoms with Crippen molar-refractivity contribution in [1.82, 2.24) is 10.2 Å². The van der Waals surface area contributed by atoms with E-state index in [0.29, 0.717) is 29.4 Å². The van der Waals surface area contributed by atoms with Gasteiger partial charge in [-0.1, -0.05) is 66.0 Å². The van der Waals surface area contributed by atoms with Gasteiger partial charge in [-0.2, -0.15) is 0 Å². The van der Waals surface area contributed by atoms with Gasteiger partial charge in [0.1, 0.15) is 6.04 Å². The summed E-state index contributed by atoms with van der Waals surface area (Å²) in [5.41, 5.74) is 3.11. The zero-order valence-electron chi connectivity index (χ0n) is 18.0. The summed E-state index contributed by atoms with van der Waals surface area (Å²) in [5, 5.41) is 3.86. The van der Waals surface area contributed by atoms with E-state index in [0.717, 1.165) is 17.5 Å². The van der Waals surface area contributed by atoms with E-state index in [4.69, 9.17) is 23.2 Å². The summed E-state index contributed by atoms with van der Waals surface area (Å²) in [5.74, 6) is -0.235. The van der Waals surface area contributed by atoms with Crippen molar-refractivity contribution in [3.8, 4) is 0 Å². The maximum absolute atomic E-state index is 13.1. The molecular formula is C24H30Cl2N2O2. The molecule has 0 spiro atoms. The number of benzene rings is 2. The fourth-order valence-electron chi connectivity index (χ4n) is 3.03. The highest BCUT2D eigenvalue weighted by molar-refractivity contribution is 6.42. The van der Waals surface area contributed by atoms with Crippen molar-refractivity contribution < 1.29 is 9.59 Å². The minimum Gasteiger partial charge on any atom is -0.352 e. The third kappa shape index (κ3) is 7.03. The molecule has 2 aromatic rings. The molecule has 0 aliphatic heterocycles. The van der Waals surface area contributed by atoms with Crippen LogP contribution >= 0.6 is 23.2 Å². The second kappa shape index (κ2) is 11.4. The van der Waals surface area contributed by atoms with Gasteiger partial charge >= 0.3 is 0 Å². The minimum absolute atomic E-state index is 0.0504. The van der Waals surface area contributed by atoms with E-state index in [-0.39, 0.29) is 17.9 Å². The van der Waals surface area contributed by atoms with Gasteiger partial charge in [0.15, 0.2) is 0 Å². The van der Waals surface area contributed by atoms with Crippen LogP contribution in [-0.4, -0.2) is 28.8 Å². The molecule has 162 valence electrons. The van der Waals surface area contributed by atoms with Crippen molar-refractivity contribution in [2.24, 2.45) is 0 Å². The number of carbonyl (C=O) groups excluding carboxylic acids is 2. The van der Waals surface area contributed by atoms with Gasteiger partial charge in [0.25, 0.3) is 0 Å². The Labute approximate surface area is 189 Å². The average molecular weight is 449 g/mol. The molecule has 2 amide bonds. The summed E-state index contributed by atoms with van der Waals surface area (Å²) in [6, 6.07) is 12.9. The van der Waals surface area contributed by atoms with Crippen LogP contribution in [0.1, 0.15) is 50.3 Å². The molecule has 0 aromatic heterocycles. The first-order valence-electron chi connectivity index (χ1n) is 10.3. The van der Waals surface area contributed by atoms with Crippen LogP contribution in [0.15, 0.2) is 42.5 Å². The van der Waals surface area contributed by atoms with Crippen molar-refractivity contribution in [3.05, 3.63) is 69.2 Å². The van der Waals surface area contributed by atoms with Crippen LogP contribution in [0.5, 0.6) is 0 Å². The fraction of sp³-hybridized carbons (Fsp3) is 0.417. The quantitative estimate of drug-likeness (QED) is 0.545. The lowest BCUT2D eigenvalue weighted by Crippen LogP contribution is -2.49. The highest BCUT2D eigenvalue weighted by Crippen LogP contribution is 2.24. The molecule has 2 atom stereocenters. The molecule has 0 unspecified atom stereocenters. The maximum Gasteiger partial charge on any atom is 0.242 e. The van der Waals surface area contributed by atoms with E-state index >= 15 is 0 Å². The Morgan fingerprint density at radius 3 is 2.23 bits per heavy atom. The zero-order chi connectivity index (χ0) is 22.3. The van der Waals surface area contributed by atoms with Crippen molar-refractivity contribution in [3.63, 3.8) is 0 Å². The lowest BCUT2D eigenvalue weighted by atomic mass is 10.1. The van der Waals surface area contributed by atoms with E-state index < -0.39 is 6.04 Å². The molecule has 4 nitrogen and oxygen atoms in total. The molecule has 0 bridgehead atoms. The van der Waals surface area contributed by atoms with Crippen LogP contribution in [0.4, 0.5) is 0 Å². The first-order chi connectivity index (χ1) is 14.2. The number of amides is 2. The number of rotatable bonds is 9. The number of nitrogens with zero attached hydrogens (tertiary/aromatic N) is 1. The number of halogens is 2. The normalized spacial score (nSPS) is 12.9. The van der Waals surface area contributed by atoms with Crippen molar-refractivity contribution in [2.45, 2.75) is 65.6 Å². The summed E-state index contributed by atoms with van der Waals surface area (Å²) in [7, 11) is 0. The van der Waals surface area contributed by atoms with Crippen LogP contribution < -0.4 is 5.32 Å². The predicted molar refractivity (Wildman–Crippen MR) is 124 cm³/mol. The third-order valence-corrected chi connectivity index (χ3v) is 5.99. The molecule has 0 fully saturated rings. The second-order valence-corrected chi connectivity index (χ2v) is 8.56. The van der Waals surface area contributed by atoms with Crippen molar-refractivity contribution in [2.75, 3.05) is 0 Å². The van der Waals surface area contributed by atoms with Gasteiger partial charge in [0.2, 0.25) is 11.8 Å². The van der Waals surface area contributed by atoms with Gasteiger partial charge in [-0.05, 0) is 56.9 Å². The van der Waals surface area contributed by atoms with Gasteiger partial charge < -0.3 is 10.2 Å².